The van der Waals surface area contributed by atoms with Gasteiger partial charge in [0, 0.05) is 46.9 Å². The maximum absolute atomic E-state index is 11.2. The third-order valence-electron chi connectivity index (χ3n) is 6.11. The van der Waals surface area contributed by atoms with Gasteiger partial charge >= 0.3 is 0 Å². The van der Waals surface area contributed by atoms with Gasteiger partial charge in [0.1, 0.15) is 29.6 Å². The van der Waals surface area contributed by atoms with Crippen LogP contribution < -0.4 is 9.47 Å². The van der Waals surface area contributed by atoms with Gasteiger partial charge in [-0.2, -0.15) is 0 Å². The van der Waals surface area contributed by atoms with Crippen molar-refractivity contribution in [2.45, 2.75) is 19.4 Å². The quantitative estimate of drug-likeness (QED) is 0.219. The van der Waals surface area contributed by atoms with Gasteiger partial charge < -0.3 is 14.6 Å². The molecular weight excluding hydrogens is 464 g/mol. The molecule has 36 heavy (non-hydrogen) atoms. The zero-order valence-electron chi connectivity index (χ0n) is 19.1. The third-order valence-corrected chi connectivity index (χ3v) is 6.11. The molecule has 4 aromatic rings. The molecule has 1 atom stereocenters. The van der Waals surface area contributed by atoms with Crippen molar-refractivity contribution in [3.63, 3.8) is 0 Å². The highest BCUT2D eigenvalue weighted by atomic mass is 16.6. The molecule has 0 spiro atoms. The minimum atomic E-state index is -0.679. The van der Waals surface area contributed by atoms with Crippen LogP contribution in [0.1, 0.15) is 33.7 Å². The molecule has 0 fully saturated rings. The molecule has 0 amide bonds. The predicted octanol–water partition coefficient (Wildman–Crippen LogP) is 6.38. The number of rotatable bonds is 6. The molecule has 0 saturated heterocycles. The summed E-state index contributed by atoms with van der Waals surface area (Å²) in [5.41, 5.74) is 3.59. The Morgan fingerprint density at radius 1 is 0.833 bits per heavy atom. The Bertz CT molecular complexity index is 1480. The van der Waals surface area contributed by atoms with Gasteiger partial charge in [-0.05, 0) is 30.2 Å². The van der Waals surface area contributed by atoms with Gasteiger partial charge in [-0.1, -0.05) is 36.4 Å². The van der Waals surface area contributed by atoms with E-state index in [4.69, 9.17) is 9.47 Å². The Labute approximate surface area is 205 Å². The molecule has 0 saturated carbocycles. The number of fused-ring (bicyclic) bond motifs is 2. The van der Waals surface area contributed by atoms with E-state index >= 15 is 0 Å². The molecule has 0 aromatic heterocycles. The van der Waals surface area contributed by atoms with Crippen molar-refractivity contribution in [2.75, 3.05) is 0 Å². The summed E-state index contributed by atoms with van der Waals surface area (Å²) in [4.78, 5) is 21.0. The van der Waals surface area contributed by atoms with E-state index in [1.54, 1.807) is 24.3 Å². The van der Waals surface area contributed by atoms with Crippen LogP contribution in [-0.4, -0.2) is 15.0 Å². The highest BCUT2D eigenvalue weighted by Gasteiger charge is 2.30. The first kappa shape index (κ1) is 22.9. The van der Waals surface area contributed by atoms with Crippen molar-refractivity contribution in [3.8, 4) is 23.0 Å². The van der Waals surface area contributed by atoms with E-state index in [0.717, 1.165) is 28.3 Å². The summed E-state index contributed by atoms with van der Waals surface area (Å²) < 4.78 is 12.0. The third kappa shape index (κ3) is 4.29. The molecule has 180 valence electrons. The van der Waals surface area contributed by atoms with Gasteiger partial charge in [0.2, 0.25) is 0 Å². The first-order valence-electron chi connectivity index (χ1n) is 11.1. The van der Waals surface area contributed by atoms with Gasteiger partial charge in [0.05, 0.1) is 15.9 Å². The highest BCUT2D eigenvalue weighted by Crippen LogP contribution is 2.49. The van der Waals surface area contributed by atoms with Crippen molar-refractivity contribution < 1.29 is 24.4 Å². The van der Waals surface area contributed by atoms with Crippen molar-refractivity contribution in [3.05, 3.63) is 127 Å². The van der Waals surface area contributed by atoms with Crippen molar-refractivity contribution in [1.82, 2.24) is 0 Å². The summed E-state index contributed by atoms with van der Waals surface area (Å²) in [6, 6.07) is 21.9. The van der Waals surface area contributed by atoms with E-state index in [-0.39, 0.29) is 29.6 Å². The number of hydrogen-bond acceptors (Lipinski definition) is 7. The van der Waals surface area contributed by atoms with Gasteiger partial charge in [-0.15, -0.1) is 0 Å². The first-order chi connectivity index (χ1) is 17.3. The summed E-state index contributed by atoms with van der Waals surface area (Å²) in [5.74, 6) is 1.46. The molecule has 1 aliphatic rings. The van der Waals surface area contributed by atoms with Crippen LogP contribution in [0.2, 0.25) is 0 Å². The SMILES string of the molecule is Cc1ccccc1C1c2ccc(O)cc2Oc2cc(OCc3cc([N+](=O)[O-])cc([N+](=O)[O-])c3)ccc21. The minimum Gasteiger partial charge on any atom is -0.508 e. The first-order valence-corrected chi connectivity index (χ1v) is 11.1. The molecule has 0 bridgehead atoms. The lowest BCUT2D eigenvalue weighted by Gasteiger charge is -2.30. The Hall–Kier alpha value is -4.92. The van der Waals surface area contributed by atoms with E-state index in [0.29, 0.717) is 22.8 Å². The van der Waals surface area contributed by atoms with Crippen LogP contribution in [0.3, 0.4) is 0 Å². The van der Waals surface area contributed by atoms with Crippen LogP contribution in [0.25, 0.3) is 0 Å². The average molecular weight is 484 g/mol. The van der Waals surface area contributed by atoms with E-state index in [1.165, 1.54) is 12.1 Å². The van der Waals surface area contributed by atoms with Crippen molar-refractivity contribution in [1.29, 1.82) is 0 Å². The molecule has 1 heterocycles. The molecule has 1 unspecified atom stereocenters. The molecule has 0 aliphatic carbocycles. The standard InChI is InChI=1S/C27H20N2O7/c1-16-4-2-3-5-22(16)27-23-8-6-20(30)13-25(23)36-26-14-21(7-9-24(26)27)35-15-17-10-18(28(31)32)12-19(11-17)29(33)34/h2-14,27,30H,15H2,1H3. The number of ether oxygens (including phenoxy) is 2. The molecule has 9 nitrogen and oxygen atoms in total. The second kappa shape index (κ2) is 9.03. The Morgan fingerprint density at radius 2 is 1.47 bits per heavy atom. The lowest BCUT2D eigenvalue weighted by atomic mass is 9.81. The number of non-ortho nitro benzene ring substituents is 2. The summed E-state index contributed by atoms with van der Waals surface area (Å²) in [5, 5.41) is 32.4. The Kier molecular flexibility index (Phi) is 5.73. The second-order valence-electron chi connectivity index (χ2n) is 8.47. The predicted molar refractivity (Wildman–Crippen MR) is 131 cm³/mol. The fraction of sp³-hybridized carbons (Fsp3) is 0.111. The number of benzene rings is 4. The van der Waals surface area contributed by atoms with Crippen LogP contribution in [0, 0.1) is 27.2 Å². The lowest BCUT2D eigenvalue weighted by Crippen LogP contribution is -2.13. The van der Waals surface area contributed by atoms with Crippen LogP contribution >= 0.6 is 0 Å². The Morgan fingerprint density at radius 3 is 2.14 bits per heavy atom. The zero-order valence-corrected chi connectivity index (χ0v) is 19.1. The molecular formula is C27H20N2O7. The number of nitrogens with zero attached hydrogens (tertiary/aromatic N) is 2. The number of nitro groups is 2. The van der Waals surface area contributed by atoms with E-state index < -0.39 is 9.85 Å². The van der Waals surface area contributed by atoms with Gasteiger partial charge in [-0.3, -0.25) is 20.2 Å². The number of aryl methyl sites for hydroxylation is 1. The van der Waals surface area contributed by atoms with Gasteiger partial charge in [0.25, 0.3) is 11.4 Å². The van der Waals surface area contributed by atoms with Crippen LogP contribution in [-0.2, 0) is 6.61 Å². The van der Waals surface area contributed by atoms with E-state index in [9.17, 15) is 25.3 Å². The molecule has 5 rings (SSSR count). The molecule has 9 heteroatoms. The largest absolute Gasteiger partial charge is 0.508 e. The van der Waals surface area contributed by atoms with Crippen molar-refractivity contribution in [2.24, 2.45) is 0 Å². The second-order valence-corrected chi connectivity index (χ2v) is 8.47. The fourth-order valence-electron chi connectivity index (χ4n) is 4.43. The number of aromatic hydroxyl groups is 1. The molecule has 1 N–H and O–H groups in total. The molecule has 0 radical (unpaired) electrons. The summed E-state index contributed by atoms with van der Waals surface area (Å²) >= 11 is 0. The smallest absolute Gasteiger partial charge is 0.276 e. The van der Waals surface area contributed by atoms with Crippen LogP contribution in [0.4, 0.5) is 11.4 Å². The number of phenolic OH excluding ortho intramolecular Hbond substituents is 1. The molecule has 1 aliphatic heterocycles. The van der Waals surface area contributed by atoms with E-state index in [1.807, 2.05) is 37.3 Å². The van der Waals surface area contributed by atoms with E-state index in [2.05, 4.69) is 6.07 Å². The monoisotopic (exact) mass is 484 g/mol. The fourth-order valence-corrected chi connectivity index (χ4v) is 4.43. The summed E-state index contributed by atoms with van der Waals surface area (Å²) in [7, 11) is 0. The normalized spacial score (nSPS) is 13.8. The van der Waals surface area contributed by atoms with Crippen molar-refractivity contribution >= 4 is 11.4 Å². The maximum atomic E-state index is 11.2. The van der Waals surface area contributed by atoms with Crippen LogP contribution in [0.15, 0.2) is 78.9 Å². The Balaban J connectivity index is 1.49. The topological polar surface area (TPSA) is 125 Å². The van der Waals surface area contributed by atoms with Gasteiger partial charge in [0.15, 0.2) is 0 Å². The average Bonchev–Trinajstić information content (AvgIpc) is 2.86. The minimum absolute atomic E-state index is 0.0837. The summed E-state index contributed by atoms with van der Waals surface area (Å²) in [6.45, 7) is 1.93. The maximum Gasteiger partial charge on any atom is 0.276 e. The summed E-state index contributed by atoms with van der Waals surface area (Å²) in [6.07, 6.45) is 0. The molecule has 4 aromatic carbocycles. The number of nitro benzene ring substituents is 2. The highest BCUT2D eigenvalue weighted by molar-refractivity contribution is 5.61. The van der Waals surface area contributed by atoms with Crippen LogP contribution in [0.5, 0.6) is 23.0 Å². The number of phenols is 1. The van der Waals surface area contributed by atoms with Gasteiger partial charge in [-0.25, -0.2) is 0 Å². The lowest BCUT2D eigenvalue weighted by molar-refractivity contribution is -0.394. The number of hydrogen-bond donors (Lipinski definition) is 1. The zero-order chi connectivity index (χ0) is 25.4.